The van der Waals surface area contributed by atoms with E-state index in [1.54, 1.807) is 31.3 Å². The molecule has 0 unspecified atom stereocenters. The van der Waals surface area contributed by atoms with Crippen LogP contribution in [0.3, 0.4) is 0 Å². The van der Waals surface area contributed by atoms with Crippen LogP contribution in [0.1, 0.15) is 21.6 Å². The maximum atomic E-state index is 12.7. The third kappa shape index (κ3) is 6.29. The van der Waals surface area contributed by atoms with Crippen molar-refractivity contribution in [1.82, 2.24) is 10.3 Å². The first kappa shape index (κ1) is 26.2. The number of nitrogens with zero attached hydrogens (tertiary/aromatic N) is 1. The Morgan fingerprint density at radius 1 is 0.838 bits per heavy atom. The first-order chi connectivity index (χ1) is 17.4. The molecule has 3 N–H and O–H groups in total. The van der Waals surface area contributed by atoms with Gasteiger partial charge in [0.2, 0.25) is 10.0 Å². The molecule has 0 fully saturated rings. The van der Waals surface area contributed by atoms with Gasteiger partial charge in [-0.25, -0.2) is 22.0 Å². The van der Waals surface area contributed by atoms with Crippen LogP contribution in [0, 0.1) is 6.92 Å². The van der Waals surface area contributed by atoms with Crippen LogP contribution in [0.5, 0.6) is 0 Å². The van der Waals surface area contributed by atoms with Crippen molar-refractivity contribution < 1.29 is 21.6 Å². The van der Waals surface area contributed by atoms with Gasteiger partial charge in [0.15, 0.2) is 9.84 Å². The van der Waals surface area contributed by atoms with E-state index in [0.717, 1.165) is 22.9 Å². The van der Waals surface area contributed by atoms with Gasteiger partial charge in [0.1, 0.15) is 0 Å². The minimum absolute atomic E-state index is 0.0366. The smallest absolute Gasteiger partial charge is 0.251 e. The van der Waals surface area contributed by atoms with E-state index in [0.29, 0.717) is 16.8 Å². The second-order valence-corrected chi connectivity index (χ2v) is 12.2. The summed E-state index contributed by atoms with van der Waals surface area (Å²) in [6.45, 7) is 1.82. The summed E-state index contributed by atoms with van der Waals surface area (Å²) in [5, 5.41) is 8.05. The van der Waals surface area contributed by atoms with Gasteiger partial charge in [0, 0.05) is 18.0 Å². The number of nitrogens with two attached hydrogens (primary N) is 1. The number of nitrogens with one attached hydrogen (secondary N) is 1. The van der Waals surface area contributed by atoms with Crippen LogP contribution in [-0.4, -0.2) is 34.0 Å². The van der Waals surface area contributed by atoms with Crippen LogP contribution in [0.25, 0.3) is 22.3 Å². The summed E-state index contributed by atoms with van der Waals surface area (Å²) in [5.74, 6) is -0.408. The van der Waals surface area contributed by atoms with E-state index < -0.39 is 25.8 Å². The largest absolute Gasteiger partial charge is 0.346 e. The second-order valence-electron chi connectivity index (χ2n) is 8.62. The lowest BCUT2D eigenvalue weighted by atomic mass is 9.99. The number of amides is 1. The molecule has 0 saturated carbocycles. The number of aryl methyl sites for hydroxylation is 1. The summed E-state index contributed by atoms with van der Waals surface area (Å²) in [7, 11) is -7.27. The number of carbonyl (C=O) groups excluding carboxylic acids is 1. The Labute approximate surface area is 216 Å². The molecular weight excluding hydrogens is 510 g/mol. The first-order valence-corrected chi connectivity index (χ1v) is 14.6. The second kappa shape index (κ2) is 10.3. The minimum atomic E-state index is -3.82. The highest BCUT2D eigenvalue weighted by Gasteiger charge is 2.15. The van der Waals surface area contributed by atoms with Crippen molar-refractivity contribution in [1.29, 1.82) is 0 Å². The molecule has 0 aliphatic carbocycles. The van der Waals surface area contributed by atoms with E-state index in [-0.39, 0.29) is 21.9 Å². The van der Waals surface area contributed by atoms with E-state index >= 15 is 0 Å². The molecule has 0 radical (unpaired) electrons. The molecule has 1 heterocycles. The van der Waals surface area contributed by atoms with E-state index in [2.05, 4.69) is 10.3 Å². The SMILES string of the molecule is Cc1ccc(C(=O)NCc2cc(-c3cccc(-c4cccc(S(N)(=O)=O)c4)c3)ccn2)cc1S(C)(=O)=O. The Bertz CT molecular complexity index is 1720. The van der Waals surface area contributed by atoms with Gasteiger partial charge in [0.05, 0.1) is 22.0 Å². The van der Waals surface area contributed by atoms with Crippen molar-refractivity contribution in [2.45, 2.75) is 23.3 Å². The lowest BCUT2D eigenvalue weighted by Gasteiger charge is -2.10. The normalized spacial score (nSPS) is 11.8. The third-order valence-electron chi connectivity index (χ3n) is 5.79. The molecule has 0 aliphatic rings. The van der Waals surface area contributed by atoms with Gasteiger partial charge in [-0.15, -0.1) is 0 Å². The Kier molecular flexibility index (Phi) is 7.26. The maximum absolute atomic E-state index is 12.7. The number of pyridine rings is 1. The third-order valence-corrected chi connectivity index (χ3v) is 7.94. The summed E-state index contributed by atoms with van der Waals surface area (Å²) in [4.78, 5) is 17.2. The Hall–Kier alpha value is -3.86. The number of primary sulfonamides is 1. The summed E-state index contributed by atoms with van der Waals surface area (Å²) in [5.41, 5.74) is 4.70. The average molecular weight is 536 g/mol. The number of hydrogen-bond acceptors (Lipinski definition) is 6. The van der Waals surface area contributed by atoms with Crippen LogP contribution < -0.4 is 10.5 Å². The van der Waals surface area contributed by atoms with Gasteiger partial charge < -0.3 is 5.32 Å². The predicted octanol–water partition coefficient (Wildman–Crippen LogP) is 3.70. The van der Waals surface area contributed by atoms with Crippen molar-refractivity contribution in [2.75, 3.05) is 6.26 Å². The number of rotatable bonds is 7. The van der Waals surface area contributed by atoms with Gasteiger partial charge in [0.25, 0.3) is 5.91 Å². The fourth-order valence-electron chi connectivity index (χ4n) is 3.90. The number of carbonyl (C=O) groups is 1. The topological polar surface area (TPSA) is 136 Å². The molecule has 0 bridgehead atoms. The van der Waals surface area contributed by atoms with Gasteiger partial charge in [-0.05, 0) is 77.2 Å². The summed E-state index contributed by atoms with van der Waals surface area (Å²) in [6, 6.07) is 22.3. The van der Waals surface area contributed by atoms with Gasteiger partial charge in [-0.3, -0.25) is 9.78 Å². The monoisotopic (exact) mass is 535 g/mol. The van der Waals surface area contributed by atoms with Gasteiger partial charge >= 0.3 is 0 Å². The molecule has 190 valence electrons. The molecule has 0 aliphatic heterocycles. The zero-order valence-electron chi connectivity index (χ0n) is 20.2. The zero-order valence-corrected chi connectivity index (χ0v) is 21.8. The van der Waals surface area contributed by atoms with E-state index in [1.165, 1.54) is 18.2 Å². The van der Waals surface area contributed by atoms with Crippen LogP contribution in [0.4, 0.5) is 0 Å². The van der Waals surface area contributed by atoms with E-state index in [4.69, 9.17) is 5.14 Å². The predicted molar refractivity (Wildman–Crippen MR) is 142 cm³/mol. The fraction of sp³-hybridized carbons (Fsp3) is 0.111. The Balaban J connectivity index is 1.54. The van der Waals surface area contributed by atoms with Crippen molar-refractivity contribution >= 4 is 25.8 Å². The number of aromatic nitrogens is 1. The van der Waals surface area contributed by atoms with Gasteiger partial charge in [-0.1, -0.05) is 36.4 Å². The molecule has 8 nitrogen and oxygen atoms in total. The van der Waals surface area contributed by atoms with Crippen LogP contribution >= 0.6 is 0 Å². The van der Waals surface area contributed by atoms with E-state index in [9.17, 15) is 21.6 Å². The summed E-state index contributed by atoms with van der Waals surface area (Å²) < 4.78 is 47.4. The average Bonchev–Trinajstić information content (AvgIpc) is 2.87. The van der Waals surface area contributed by atoms with Crippen LogP contribution in [0.2, 0.25) is 0 Å². The summed E-state index contributed by atoms with van der Waals surface area (Å²) >= 11 is 0. The molecular formula is C27H25N3O5S2. The highest BCUT2D eigenvalue weighted by Crippen LogP contribution is 2.28. The van der Waals surface area contributed by atoms with Gasteiger partial charge in [-0.2, -0.15) is 0 Å². The van der Waals surface area contributed by atoms with Crippen molar-refractivity contribution in [3.8, 4) is 22.3 Å². The molecule has 1 aromatic heterocycles. The minimum Gasteiger partial charge on any atom is -0.346 e. The molecule has 10 heteroatoms. The quantitative estimate of drug-likeness (QED) is 0.370. The lowest BCUT2D eigenvalue weighted by molar-refractivity contribution is 0.0950. The van der Waals surface area contributed by atoms with Crippen molar-refractivity contribution in [3.63, 3.8) is 0 Å². The van der Waals surface area contributed by atoms with Crippen LogP contribution in [0.15, 0.2) is 94.9 Å². The fourth-order valence-corrected chi connectivity index (χ4v) is 5.45. The molecule has 37 heavy (non-hydrogen) atoms. The summed E-state index contributed by atoms with van der Waals surface area (Å²) in [6.07, 6.45) is 2.75. The molecule has 0 atom stereocenters. The molecule has 1 amide bonds. The highest BCUT2D eigenvalue weighted by molar-refractivity contribution is 7.90. The Morgan fingerprint density at radius 3 is 2.11 bits per heavy atom. The zero-order chi connectivity index (χ0) is 26.8. The van der Waals surface area contributed by atoms with Crippen LogP contribution in [-0.2, 0) is 26.4 Å². The standard InChI is InChI=1S/C27H25N3O5S2/c1-18-9-10-23(16-26(18)36(2,32)33)27(31)30-17-24-14-22(11-12-29-24)20-6-3-5-19(13-20)21-7-4-8-25(15-21)37(28,34)35/h3-16H,17H2,1-2H3,(H,30,31)(H2,28,34,35). The Morgan fingerprint density at radius 2 is 1.46 bits per heavy atom. The molecule has 0 saturated heterocycles. The number of benzene rings is 3. The highest BCUT2D eigenvalue weighted by atomic mass is 32.2. The van der Waals surface area contributed by atoms with Crippen molar-refractivity contribution in [2.24, 2.45) is 5.14 Å². The molecule has 4 aromatic rings. The van der Waals surface area contributed by atoms with Crippen molar-refractivity contribution in [3.05, 3.63) is 102 Å². The number of sulfone groups is 1. The maximum Gasteiger partial charge on any atom is 0.251 e. The molecule has 3 aromatic carbocycles. The molecule has 0 spiro atoms. The molecule has 4 rings (SSSR count). The first-order valence-electron chi connectivity index (χ1n) is 11.2. The lowest BCUT2D eigenvalue weighted by Crippen LogP contribution is -2.23. The number of hydrogen-bond donors (Lipinski definition) is 2. The number of sulfonamides is 1. The van der Waals surface area contributed by atoms with E-state index in [1.807, 2.05) is 42.5 Å².